The minimum absolute atomic E-state index is 0.0821. The molecule has 1 amide bonds. The van der Waals surface area contributed by atoms with E-state index in [2.05, 4.69) is 40.6 Å². The van der Waals surface area contributed by atoms with Crippen LogP contribution in [0.15, 0.2) is 47.5 Å². The Morgan fingerprint density at radius 1 is 1.30 bits per heavy atom. The maximum absolute atomic E-state index is 11.9. The zero-order valence-corrected chi connectivity index (χ0v) is 13.5. The van der Waals surface area contributed by atoms with Gasteiger partial charge in [0.2, 0.25) is 5.96 Å². The van der Waals surface area contributed by atoms with Crippen LogP contribution in [0, 0.1) is 0 Å². The van der Waals surface area contributed by atoms with Crippen molar-refractivity contribution in [2.45, 2.75) is 19.4 Å². The second kappa shape index (κ2) is 6.69. The number of carbonyl (C=O) groups excluding carboxylic acids is 1. The average Bonchev–Trinajstić information content (AvgIpc) is 3.08. The van der Waals surface area contributed by atoms with Gasteiger partial charge in [0.25, 0.3) is 0 Å². The topological polar surface area (TPSA) is 53.9 Å². The smallest absolute Gasteiger partial charge is 0.416 e. The molecule has 0 aromatic heterocycles. The largest absolute Gasteiger partial charge is 0.452 e. The molecule has 0 spiro atoms. The fourth-order valence-electron chi connectivity index (χ4n) is 2.82. The number of hydrogen-bond donors (Lipinski definition) is 1. The molecule has 1 aliphatic rings. The quantitative estimate of drug-likeness (QED) is 0.946. The predicted octanol–water partition coefficient (Wildman–Crippen LogP) is 3.32. The van der Waals surface area contributed by atoms with E-state index in [9.17, 15) is 4.79 Å². The first-order valence-electron chi connectivity index (χ1n) is 7.88. The first-order valence-corrected chi connectivity index (χ1v) is 7.88. The number of methoxy groups -OCH3 is 1. The van der Waals surface area contributed by atoms with Crippen molar-refractivity contribution < 1.29 is 9.53 Å². The Balaban J connectivity index is 1.77. The Bertz CT molecular complexity index is 742. The third-order valence-electron chi connectivity index (χ3n) is 4.00. The van der Waals surface area contributed by atoms with Crippen LogP contribution in [0.2, 0.25) is 0 Å². The summed E-state index contributed by atoms with van der Waals surface area (Å²) >= 11 is 0. The summed E-state index contributed by atoms with van der Waals surface area (Å²) in [6, 6.07) is 14.8. The lowest BCUT2D eigenvalue weighted by Crippen LogP contribution is -2.43. The number of amides is 1. The second-order valence-electron chi connectivity index (χ2n) is 5.59. The van der Waals surface area contributed by atoms with Gasteiger partial charge in [0.15, 0.2) is 0 Å². The van der Waals surface area contributed by atoms with E-state index in [4.69, 9.17) is 4.74 Å². The highest BCUT2D eigenvalue weighted by Gasteiger charge is 2.27. The Hall–Kier alpha value is -2.56. The fourth-order valence-corrected chi connectivity index (χ4v) is 2.82. The number of aliphatic imine (C=N–C) groups is 1. The summed E-state index contributed by atoms with van der Waals surface area (Å²) in [7, 11) is 1.39. The van der Waals surface area contributed by atoms with Crippen molar-refractivity contribution in [2.75, 3.05) is 20.2 Å². The maximum atomic E-state index is 11.9. The van der Waals surface area contributed by atoms with Gasteiger partial charge in [-0.25, -0.2) is 9.69 Å². The predicted molar refractivity (Wildman–Crippen MR) is 91.5 cm³/mol. The maximum Gasteiger partial charge on any atom is 0.416 e. The molecule has 1 heterocycles. The van der Waals surface area contributed by atoms with E-state index < -0.39 is 0 Å². The zero-order valence-electron chi connectivity index (χ0n) is 13.5. The first kappa shape index (κ1) is 15.3. The molecule has 0 bridgehead atoms. The molecule has 1 atom stereocenters. The summed E-state index contributed by atoms with van der Waals surface area (Å²) in [5.41, 5.74) is 1.17. The van der Waals surface area contributed by atoms with Gasteiger partial charge in [-0.1, -0.05) is 43.3 Å². The molecule has 1 N–H and O–H groups in total. The molecule has 5 heteroatoms. The number of guanidine groups is 1. The van der Waals surface area contributed by atoms with Crippen LogP contribution in [0.5, 0.6) is 0 Å². The molecule has 0 fully saturated rings. The SMILES string of the molecule is CCCN(C(=O)OC)C1=NCC(c2ccc3ccccc3c2)N1. The van der Waals surface area contributed by atoms with Crippen molar-refractivity contribution in [3.63, 3.8) is 0 Å². The molecule has 0 saturated heterocycles. The highest BCUT2D eigenvalue weighted by molar-refractivity contribution is 5.95. The number of ether oxygens (including phenoxy) is 1. The van der Waals surface area contributed by atoms with Crippen molar-refractivity contribution in [3.8, 4) is 0 Å². The van der Waals surface area contributed by atoms with Gasteiger partial charge in [0.1, 0.15) is 0 Å². The number of nitrogens with zero attached hydrogens (tertiary/aromatic N) is 2. The number of carbonyl (C=O) groups is 1. The molecule has 0 aliphatic carbocycles. The van der Waals surface area contributed by atoms with Crippen molar-refractivity contribution in [1.29, 1.82) is 0 Å². The van der Waals surface area contributed by atoms with E-state index in [0.717, 1.165) is 6.42 Å². The van der Waals surface area contributed by atoms with Crippen LogP contribution in [-0.4, -0.2) is 37.2 Å². The Kier molecular flexibility index (Phi) is 4.46. The standard InChI is InChI=1S/C18H21N3O2/c1-3-10-21(18(22)23-2)17-19-12-16(20-17)15-9-8-13-6-4-5-7-14(13)11-15/h4-9,11,16H,3,10,12H2,1-2H3,(H,19,20). The first-order chi connectivity index (χ1) is 11.2. The van der Waals surface area contributed by atoms with Crippen LogP contribution in [0.4, 0.5) is 4.79 Å². The molecule has 1 aliphatic heterocycles. The molecule has 3 rings (SSSR count). The van der Waals surface area contributed by atoms with Gasteiger partial charge in [-0.2, -0.15) is 0 Å². The third-order valence-corrected chi connectivity index (χ3v) is 4.00. The number of nitrogens with one attached hydrogen (secondary N) is 1. The number of fused-ring (bicyclic) bond motifs is 1. The van der Waals surface area contributed by atoms with Gasteiger partial charge in [0, 0.05) is 6.54 Å². The molecular formula is C18H21N3O2. The fraction of sp³-hybridized carbons (Fsp3) is 0.333. The average molecular weight is 311 g/mol. The van der Waals surface area contributed by atoms with Gasteiger partial charge >= 0.3 is 6.09 Å². The Morgan fingerprint density at radius 3 is 2.83 bits per heavy atom. The van der Waals surface area contributed by atoms with Gasteiger partial charge in [-0.15, -0.1) is 0 Å². The van der Waals surface area contributed by atoms with E-state index in [0.29, 0.717) is 19.0 Å². The summed E-state index contributed by atoms with van der Waals surface area (Å²) in [5, 5.41) is 5.77. The highest BCUT2D eigenvalue weighted by atomic mass is 16.5. The molecule has 1 unspecified atom stereocenters. The Labute approximate surface area is 136 Å². The lowest BCUT2D eigenvalue weighted by Gasteiger charge is -2.22. The van der Waals surface area contributed by atoms with Crippen molar-refractivity contribution in [3.05, 3.63) is 48.0 Å². The second-order valence-corrected chi connectivity index (χ2v) is 5.59. The minimum atomic E-state index is -0.378. The van der Waals surface area contributed by atoms with Gasteiger partial charge in [0.05, 0.1) is 19.7 Å². The zero-order chi connectivity index (χ0) is 16.2. The normalized spacial score (nSPS) is 16.8. The van der Waals surface area contributed by atoms with E-state index in [1.54, 1.807) is 4.90 Å². The lowest BCUT2D eigenvalue weighted by atomic mass is 10.0. The molecule has 2 aromatic carbocycles. The summed E-state index contributed by atoms with van der Waals surface area (Å²) < 4.78 is 4.84. The highest BCUT2D eigenvalue weighted by Crippen LogP contribution is 2.23. The molecular weight excluding hydrogens is 290 g/mol. The van der Waals surface area contributed by atoms with Crippen LogP contribution in [0.3, 0.4) is 0 Å². The molecule has 23 heavy (non-hydrogen) atoms. The summed E-state index contributed by atoms with van der Waals surface area (Å²) in [6.07, 6.45) is 0.466. The summed E-state index contributed by atoms with van der Waals surface area (Å²) in [5.74, 6) is 0.594. The van der Waals surface area contributed by atoms with E-state index in [1.807, 2.05) is 19.1 Å². The van der Waals surface area contributed by atoms with E-state index >= 15 is 0 Å². The summed E-state index contributed by atoms with van der Waals surface area (Å²) in [6.45, 7) is 3.22. The molecule has 0 radical (unpaired) electrons. The molecule has 120 valence electrons. The van der Waals surface area contributed by atoms with Crippen LogP contribution in [0.25, 0.3) is 10.8 Å². The van der Waals surface area contributed by atoms with Gasteiger partial charge in [-0.3, -0.25) is 4.99 Å². The number of hydrogen-bond acceptors (Lipinski definition) is 4. The third kappa shape index (κ3) is 3.13. The molecule has 5 nitrogen and oxygen atoms in total. The van der Waals surface area contributed by atoms with E-state index in [1.165, 1.54) is 23.4 Å². The molecule has 2 aromatic rings. The van der Waals surface area contributed by atoms with Crippen molar-refractivity contribution >= 4 is 22.8 Å². The Morgan fingerprint density at radius 2 is 2.09 bits per heavy atom. The number of rotatable bonds is 3. The minimum Gasteiger partial charge on any atom is -0.452 e. The van der Waals surface area contributed by atoms with Gasteiger partial charge in [-0.05, 0) is 28.8 Å². The number of benzene rings is 2. The molecule has 0 saturated carbocycles. The van der Waals surface area contributed by atoms with Crippen molar-refractivity contribution in [2.24, 2.45) is 4.99 Å². The van der Waals surface area contributed by atoms with E-state index in [-0.39, 0.29) is 12.1 Å². The summed E-state index contributed by atoms with van der Waals surface area (Å²) in [4.78, 5) is 17.9. The van der Waals surface area contributed by atoms with Crippen molar-refractivity contribution in [1.82, 2.24) is 10.2 Å². The van der Waals surface area contributed by atoms with Gasteiger partial charge < -0.3 is 10.1 Å². The lowest BCUT2D eigenvalue weighted by molar-refractivity contribution is 0.145. The monoisotopic (exact) mass is 311 g/mol. The van der Waals surface area contributed by atoms with Crippen LogP contribution < -0.4 is 5.32 Å². The van der Waals surface area contributed by atoms with Crippen LogP contribution >= 0.6 is 0 Å². The van der Waals surface area contributed by atoms with Crippen LogP contribution in [0.1, 0.15) is 24.9 Å². The van der Waals surface area contributed by atoms with Crippen LogP contribution in [-0.2, 0) is 4.74 Å².